The average molecular weight is 247 g/mol. The van der Waals surface area contributed by atoms with E-state index in [4.69, 9.17) is 0 Å². The third kappa shape index (κ3) is 8.73. The molecule has 0 radical (unpaired) electrons. The van der Waals surface area contributed by atoms with E-state index in [0.29, 0.717) is 17.4 Å². The van der Waals surface area contributed by atoms with Crippen molar-refractivity contribution in [1.82, 2.24) is 0 Å². The van der Waals surface area contributed by atoms with Crippen molar-refractivity contribution >= 4 is 22.8 Å². The Hall–Kier alpha value is -0.550. The summed E-state index contributed by atoms with van der Waals surface area (Å²) in [5.41, 5.74) is 0. The van der Waals surface area contributed by atoms with Crippen LogP contribution in [-0.4, -0.2) is 48.5 Å². The van der Waals surface area contributed by atoms with Gasteiger partial charge in [-0.1, -0.05) is 18.7 Å². The van der Waals surface area contributed by atoms with Crippen molar-refractivity contribution in [1.29, 1.82) is 0 Å². The molecule has 0 N–H and O–H groups in total. The quantitative estimate of drug-likeness (QED) is 0.606. The first-order valence-electron chi connectivity index (χ1n) is 5.44. The topological polar surface area (TPSA) is 57.2 Å². The molecule has 94 valence electrons. The Morgan fingerprint density at radius 2 is 1.88 bits per heavy atom. The zero-order chi connectivity index (χ0) is 12.8. The first kappa shape index (κ1) is 15.4. The number of aliphatic carboxylic acids is 1. The van der Waals surface area contributed by atoms with E-state index in [1.165, 1.54) is 0 Å². The SMILES string of the molecule is CCCC(=O)SC(CC(=O)[O-])C[N+](C)(C)C. The molecule has 0 aromatic rings. The van der Waals surface area contributed by atoms with Crippen LogP contribution in [0, 0.1) is 0 Å². The van der Waals surface area contributed by atoms with Gasteiger partial charge in [0.15, 0.2) is 5.12 Å². The standard InChI is InChI=1S/C11H21NO3S/c1-5-6-11(15)16-9(7-10(13)14)8-12(2,3)4/h9H,5-8H2,1-4H3. The maximum atomic E-state index is 11.5. The van der Waals surface area contributed by atoms with E-state index in [0.717, 1.165) is 18.2 Å². The number of carboxylic acids is 1. The van der Waals surface area contributed by atoms with Crippen LogP contribution in [-0.2, 0) is 9.59 Å². The van der Waals surface area contributed by atoms with Gasteiger partial charge in [0.25, 0.3) is 0 Å². The highest BCUT2D eigenvalue weighted by Gasteiger charge is 2.21. The predicted molar refractivity (Wildman–Crippen MR) is 63.8 cm³/mol. The highest BCUT2D eigenvalue weighted by atomic mass is 32.2. The fourth-order valence-corrected chi connectivity index (χ4v) is 2.82. The number of carbonyl (C=O) groups is 2. The van der Waals surface area contributed by atoms with Crippen molar-refractivity contribution in [3.8, 4) is 0 Å². The molecule has 0 amide bonds. The van der Waals surface area contributed by atoms with Gasteiger partial charge in [-0.3, -0.25) is 4.79 Å². The summed E-state index contributed by atoms with van der Waals surface area (Å²) in [5.74, 6) is -1.09. The maximum Gasteiger partial charge on any atom is 0.189 e. The van der Waals surface area contributed by atoms with Gasteiger partial charge in [0, 0.05) is 18.8 Å². The van der Waals surface area contributed by atoms with Gasteiger partial charge in [-0.2, -0.15) is 0 Å². The highest BCUT2D eigenvalue weighted by Crippen LogP contribution is 2.20. The second kappa shape index (κ2) is 6.91. The first-order valence-corrected chi connectivity index (χ1v) is 6.32. The molecule has 0 spiro atoms. The number of hydrogen-bond acceptors (Lipinski definition) is 4. The molecule has 0 saturated carbocycles. The number of nitrogens with zero attached hydrogens (tertiary/aromatic N) is 1. The molecule has 0 aromatic heterocycles. The average Bonchev–Trinajstić information content (AvgIpc) is 1.98. The van der Waals surface area contributed by atoms with E-state index < -0.39 is 5.97 Å². The first-order chi connectivity index (χ1) is 7.24. The van der Waals surface area contributed by atoms with Crippen LogP contribution < -0.4 is 5.11 Å². The normalized spacial score (nSPS) is 13.5. The lowest BCUT2D eigenvalue weighted by Gasteiger charge is -2.28. The van der Waals surface area contributed by atoms with E-state index in [9.17, 15) is 14.7 Å². The molecule has 0 aromatic carbocycles. The van der Waals surface area contributed by atoms with Crippen LogP contribution in [0.4, 0.5) is 0 Å². The van der Waals surface area contributed by atoms with Crippen LogP contribution in [0.1, 0.15) is 26.2 Å². The minimum atomic E-state index is -1.09. The Bertz CT molecular complexity index is 248. The monoisotopic (exact) mass is 247 g/mol. The number of rotatable bonds is 7. The summed E-state index contributed by atoms with van der Waals surface area (Å²) < 4.78 is 0.643. The zero-order valence-electron chi connectivity index (χ0n) is 10.5. The van der Waals surface area contributed by atoms with Crippen molar-refractivity contribution in [3.05, 3.63) is 0 Å². The highest BCUT2D eigenvalue weighted by molar-refractivity contribution is 8.14. The molecule has 0 rings (SSSR count). The maximum absolute atomic E-state index is 11.5. The lowest BCUT2D eigenvalue weighted by molar-refractivity contribution is -0.869. The number of hydrogen-bond donors (Lipinski definition) is 0. The largest absolute Gasteiger partial charge is 0.550 e. The van der Waals surface area contributed by atoms with Gasteiger partial charge in [-0.05, 0) is 6.42 Å². The van der Waals surface area contributed by atoms with Crippen molar-refractivity contribution in [2.24, 2.45) is 0 Å². The van der Waals surface area contributed by atoms with Crippen molar-refractivity contribution in [2.45, 2.75) is 31.4 Å². The molecule has 5 heteroatoms. The van der Waals surface area contributed by atoms with Gasteiger partial charge in [0.2, 0.25) is 0 Å². The molecule has 0 fully saturated rings. The summed E-state index contributed by atoms with van der Waals surface area (Å²) in [5, 5.41) is 10.5. The van der Waals surface area contributed by atoms with E-state index in [1.54, 1.807) is 0 Å². The van der Waals surface area contributed by atoms with Gasteiger partial charge in [-0.25, -0.2) is 0 Å². The molecular weight excluding hydrogens is 226 g/mol. The lowest BCUT2D eigenvalue weighted by Crippen LogP contribution is -2.42. The third-order valence-corrected chi connectivity index (χ3v) is 3.01. The Balaban J connectivity index is 4.31. The van der Waals surface area contributed by atoms with Gasteiger partial charge in [0.1, 0.15) is 0 Å². The summed E-state index contributed by atoms with van der Waals surface area (Å²) in [6.45, 7) is 2.58. The predicted octanol–water partition coefficient (Wildman–Crippen LogP) is 0.261. The number of thioether (sulfide) groups is 1. The van der Waals surface area contributed by atoms with Crippen LogP contribution in [0.15, 0.2) is 0 Å². The van der Waals surface area contributed by atoms with Crippen LogP contribution in [0.2, 0.25) is 0 Å². The molecule has 0 aliphatic heterocycles. The summed E-state index contributed by atoms with van der Waals surface area (Å²) in [6, 6.07) is 0. The Labute approximate surface area is 102 Å². The summed E-state index contributed by atoms with van der Waals surface area (Å²) in [4.78, 5) is 22.1. The fraction of sp³-hybridized carbons (Fsp3) is 0.818. The van der Waals surface area contributed by atoms with Crippen LogP contribution in [0.3, 0.4) is 0 Å². The summed E-state index contributed by atoms with van der Waals surface area (Å²) >= 11 is 1.15. The molecule has 0 aliphatic carbocycles. The number of carbonyl (C=O) groups excluding carboxylic acids is 2. The van der Waals surface area contributed by atoms with E-state index in [1.807, 2.05) is 28.1 Å². The summed E-state index contributed by atoms with van der Waals surface area (Å²) in [7, 11) is 5.94. The number of quaternary nitrogens is 1. The number of carboxylic acid groups (broad SMARTS) is 1. The van der Waals surface area contributed by atoms with E-state index in [2.05, 4.69) is 0 Å². The third-order valence-electron chi connectivity index (χ3n) is 1.90. The van der Waals surface area contributed by atoms with Crippen LogP contribution in [0.5, 0.6) is 0 Å². The molecule has 1 unspecified atom stereocenters. The molecule has 4 nitrogen and oxygen atoms in total. The van der Waals surface area contributed by atoms with Gasteiger partial charge in [0.05, 0.1) is 32.9 Å². The fourth-order valence-electron chi connectivity index (χ4n) is 1.39. The van der Waals surface area contributed by atoms with E-state index in [-0.39, 0.29) is 16.8 Å². The molecule has 0 aliphatic rings. The smallest absolute Gasteiger partial charge is 0.189 e. The van der Waals surface area contributed by atoms with Crippen molar-refractivity contribution in [3.63, 3.8) is 0 Å². The Kier molecular flexibility index (Phi) is 6.67. The second-order valence-corrected chi connectivity index (χ2v) is 6.27. The second-order valence-electron chi connectivity index (χ2n) is 4.91. The van der Waals surface area contributed by atoms with Crippen molar-refractivity contribution in [2.75, 3.05) is 27.7 Å². The molecular formula is C11H21NO3S. The van der Waals surface area contributed by atoms with Gasteiger partial charge < -0.3 is 14.4 Å². The molecule has 0 bridgehead atoms. The zero-order valence-corrected chi connectivity index (χ0v) is 11.3. The molecule has 0 heterocycles. The lowest BCUT2D eigenvalue weighted by atomic mass is 10.3. The van der Waals surface area contributed by atoms with Crippen molar-refractivity contribution < 1.29 is 19.2 Å². The Morgan fingerprint density at radius 1 is 1.31 bits per heavy atom. The minimum Gasteiger partial charge on any atom is -0.550 e. The van der Waals surface area contributed by atoms with Crippen LogP contribution >= 0.6 is 11.8 Å². The van der Waals surface area contributed by atoms with E-state index >= 15 is 0 Å². The van der Waals surface area contributed by atoms with Crippen LogP contribution in [0.25, 0.3) is 0 Å². The summed E-state index contributed by atoms with van der Waals surface area (Å²) in [6.07, 6.45) is 1.25. The van der Waals surface area contributed by atoms with Gasteiger partial charge >= 0.3 is 0 Å². The molecule has 1 atom stereocenters. The molecule has 0 saturated heterocycles. The minimum absolute atomic E-state index is 0.0599. The molecule has 16 heavy (non-hydrogen) atoms. The van der Waals surface area contributed by atoms with Gasteiger partial charge in [-0.15, -0.1) is 0 Å². The Morgan fingerprint density at radius 3 is 2.25 bits per heavy atom.